The first-order chi connectivity index (χ1) is 12.5. The lowest BCUT2D eigenvalue weighted by molar-refractivity contribution is 0.306. The van der Waals surface area contributed by atoms with Gasteiger partial charge in [-0.15, -0.1) is 0 Å². The largest absolute Gasteiger partial charge is 0.489 e. The summed E-state index contributed by atoms with van der Waals surface area (Å²) in [6.45, 7) is 1.96. The van der Waals surface area contributed by atoms with Crippen LogP contribution in [0.1, 0.15) is 16.8 Å². The number of benzene rings is 2. The van der Waals surface area contributed by atoms with Crippen molar-refractivity contribution in [2.45, 2.75) is 13.5 Å². The van der Waals surface area contributed by atoms with Crippen LogP contribution >= 0.6 is 11.6 Å². The van der Waals surface area contributed by atoms with Crippen LogP contribution in [0.15, 0.2) is 53.3 Å². The number of aromatic amines is 1. The zero-order valence-electron chi connectivity index (χ0n) is 13.8. The molecule has 2 aromatic carbocycles. The van der Waals surface area contributed by atoms with E-state index in [1.165, 1.54) is 12.1 Å². The fraction of sp³-hybridized carbons (Fsp3) is 0.100. The third kappa shape index (κ3) is 3.76. The molecule has 0 fully saturated rings. The summed E-state index contributed by atoms with van der Waals surface area (Å²) >= 11 is 5.98. The number of hydrogen-bond acceptors (Lipinski definition) is 3. The first-order valence-electron chi connectivity index (χ1n) is 7.79. The Labute approximate surface area is 154 Å². The van der Waals surface area contributed by atoms with Crippen molar-refractivity contribution >= 4 is 11.6 Å². The normalized spacial score (nSPS) is 10.4. The number of halogens is 2. The number of aryl methyl sites for hydroxylation is 1. The average Bonchev–Trinajstić information content (AvgIpc) is 2.61. The lowest BCUT2D eigenvalue weighted by Gasteiger charge is -2.10. The van der Waals surface area contributed by atoms with Gasteiger partial charge in [0.05, 0.1) is 5.02 Å². The highest BCUT2D eigenvalue weighted by atomic mass is 35.5. The molecule has 0 amide bonds. The van der Waals surface area contributed by atoms with E-state index >= 15 is 0 Å². The quantitative estimate of drug-likeness (QED) is 0.732. The maximum atomic E-state index is 13.1. The number of rotatable bonds is 4. The molecular weight excluding hydrogens is 355 g/mol. The van der Waals surface area contributed by atoms with Crippen LogP contribution in [0, 0.1) is 24.1 Å². The SMILES string of the molecule is Cc1cc(-c2ccc(OCc3ccc(F)cc3Cl)cc2)c(C#N)c(=O)[nH]1. The molecule has 4 nitrogen and oxygen atoms in total. The van der Waals surface area contributed by atoms with E-state index in [0.29, 0.717) is 27.6 Å². The molecule has 0 saturated carbocycles. The molecular formula is C20H14ClFN2O2. The average molecular weight is 369 g/mol. The van der Waals surface area contributed by atoms with Crippen molar-refractivity contribution in [2.75, 3.05) is 0 Å². The molecule has 0 saturated heterocycles. The Balaban J connectivity index is 1.81. The summed E-state index contributed by atoms with van der Waals surface area (Å²) < 4.78 is 18.7. The van der Waals surface area contributed by atoms with E-state index in [9.17, 15) is 14.4 Å². The molecule has 6 heteroatoms. The van der Waals surface area contributed by atoms with Crippen molar-refractivity contribution in [1.29, 1.82) is 5.26 Å². The van der Waals surface area contributed by atoms with Gasteiger partial charge in [-0.2, -0.15) is 5.26 Å². The molecule has 26 heavy (non-hydrogen) atoms. The Kier molecular flexibility index (Phi) is 5.06. The van der Waals surface area contributed by atoms with Gasteiger partial charge < -0.3 is 9.72 Å². The molecule has 0 aliphatic rings. The second-order valence-corrected chi connectivity index (χ2v) is 6.14. The van der Waals surface area contributed by atoms with Gasteiger partial charge in [-0.1, -0.05) is 29.8 Å². The van der Waals surface area contributed by atoms with Gasteiger partial charge in [0.15, 0.2) is 0 Å². The maximum Gasteiger partial charge on any atom is 0.266 e. The molecule has 0 atom stereocenters. The minimum absolute atomic E-state index is 0.0716. The summed E-state index contributed by atoms with van der Waals surface area (Å²) in [7, 11) is 0. The van der Waals surface area contributed by atoms with Crippen molar-refractivity contribution in [2.24, 2.45) is 0 Å². The van der Waals surface area contributed by atoms with Crippen LogP contribution in [-0.2, 0) is 6.61 Å². The van der Waals surface area contributed by atoms with Crippen molar-refractivity contribution in [1.82, 2.24) is 4.98 Å². The van der Waals surface area contributed by atoms with Crippen LogP contribution in [0.4, 0.5) is 4.39 Å². The van der Waals surface area contributed by atoms with E-state index < -0.39 is 11.4 Å². The Morgan fingerprint density at radius 3 is 2.58 bits per heavy atom. The molecule has 0 unspecified atom stereocenters. The van der Waals surface area contributed by atoms with Gasteiger partial charge in [-0.3, -0.25) is 4.79 Å². The fourth-order valence-electron chi connectivity index (χ4n) is 2.56. The number of hydrogen-bond donors (Lipinski definition) is 1. The number of H-pyrrole nitrogens is 1. The Hall–Kier alpha value is -3.10. The molecule has 1 aromatic heterocycles. The summed E-state index contributed by atoms with van der Waals surface area (Å²) in [4.78, 5) is 14.5. The number of nitriles is 1. The minimum Gasteiger partial charge on any atom is -0.489 e. The van der Waals surface area contributed by atoms with E-state index in [1.54, 1.807) is 43.3 Å². The topological polar surface area (TPSA) is 65.9 Å². The first-order valence-corrected chi connectivity index (χ1v) is 8.17. The predicted octanol–water partition coefficient (Wildman–Crippen LogP) is 4.59. The van der Waals surface area contributed by atoms with Crippen LogP contribution in [-0.4, -0.2) is 4.98 Å². The van der Waals surface area contributed by atoms with Gasteiger partial charge in [0.1, 0.15) is 29.8 Å². The standard InChI is InChI=1S/C20H14ClFN2O2/c1-12-8-17(18(10-23)20(25)24-12)13-3-6-16(7-4-13)26-11-14-2-5-15(22)9-19(14)21/h2-9H,11H2,1H3,(H,24,25). The number of aromatic nitrogens is 1. The van der Waals surface area contributed by atoms with Gasteiger partial charge in [0, 0.05) is 16.8 Å². The highest BCUT2D eigenvalue weighted by molar-refractivity contribution is 6.31. The summed E-state index contributed by atoms with van der Waals surface area (Å²) in [5.41, 5.74) is 2.32. The van der Waals surface area contributed by atoms with Gasteiger partial charge in [-0.05, 0) is 42.8 Å². The monoisotopic (exact) mass is 368 g/mol. The summed E-state index contributed by atoms with van der Waals surface area (Å²) in [5, 5.41) is 9.53. The molecule has 0 radical (unpaired) electrons. The minimum atomic E-state index is -0.409. The third-order valence-electron chi connectivity index (χ3n) is 3.85. The van der Waals surface area contributed by atoms with Crippen molar-refractivity contribution in [3.63, 3.8) is 0 Å². The Bertz CT molecular complexity index is 1050. The summed E-state index contributed by atoms with van der Waals surface area (Å²) in [6, 6.07) is 14.9. The molecule has 130 valence electrons. The van der Waals surface area contributed by atoms with Crippen molar-refractivity contribution in [3.05, 3.63) is 86.5 Å². The zero-order chi connectivity index (χ0) is 18.7. The lowest BCUT2D eigenvalue weighted by Crippen LogP contribution is -2.12. The molecule has 0 spiro atoms. The maximum absolute atomic E-state index is 13.1. The summed E-state index contributed by atoms with van der Waals surface area (Å²) in [6.07, 6.45) is 0. The number of ether oxygens (including phenoxy) is 1. The summed E-state index contributed by atoms with van der Waals surface area (Å²) in [5.74, 6) is 0.193. The van der Waals surface area contributed by atoms with E-state index in [2.05, 4.69) is 4.98 Å². The van der Waals surface area contributed by atoms with Crippen LogP contribution in [0.3, 0.4) is 0 Å². The van der Waals surface area contributed by atoms with Crippen LogP contribution in [0.2, 0.25) is 5.02 Å². The zero-order valence-corrected chi connectivity index (χ0v) is 14.6. The lowest BCUT2D eigenvalue weighted by atomic mass is 10.0. The molecule has 1 heterocycles. The van der Waals surface area contributed by atoms with Crippen LogP contribution < -0.4 is 10.3 Å². The van der Waals surface area contributed by atoms with E-state index in [4.69, 9.17) is 16.3 Å². The van der Waals surface area contributed by atoms with E-state index in [1.807, 2.05) is 6.07 Å². The van der Waals surface area contributed by atoms with E-state index in [-0.39, 0.29) is 12.2 Å². The van der Waals surface area contributed by atoms with E-state index in [0.717, 1.165) is 5.56 Å². The highest BCUT2D eigenvalue weighted by Gasteiger charge is 2.10. The Morgan fingerprint density at radius 1 is 1.19 bits per heavy atom. The van der Waals surface area contributed by atoms with Gasteiger partial charge in [-0.25, -0.2) is 4.39 Å². The van der Waals surface area contributed by atoms with Crippen LogP contribution in [0.25, 0.3) is 11.1 Å². The number of nitrogens with zero attached hydrogens (tertiary/aromatic N) is 1. The third-order valence-corrected chi connectivity index (χ3v) is 4.21. The molecule has 0 bridgehead atoms. The van der Waals surface area contributed by atoms with Gasteiger partial charge in [0.2, 0.25) is 0 Å². The van der Waals surface area contributed by atoms with Crippen molar-refractivity contribution < 1.29 is 9.13 Å². The molecule has 0 aliphatic carbocycles. The van der Waals surface area contributed by atoms with Gasteiger partial charge >= 0.3 is 0 Å². The fourth-order valence-corrected chi connectivity index (χ4v) is 2.78. The number of nitrogens with one attached hydrogen (secondary N) is 1. The molecule has 1 N–H and O–H groups in total. The second-order valence-electron chi connectivity index (χ2n) is 5.73. The van der Waals surface area contributed by atoms with Crippen molar-refractivity contribution in [3.8, 4) is 22.9 Å². The highest BCUT2D eigenvalue weighted by Crippen LogP contribution is 2.25. The predicted molar refractivity (Wildman–Crippen MR) is 97.7 cm³/mol. The Morgan fingerprint density at radius 2 is 1.92 bits per heavy atom. The molecule has 3 aromatic rings. The second kappa shape index (κ2) is 7.42. The van der Waals surface area contributed by atoms with Crippen LogP contribution in [0.5, 0.6) is 5.75 Å². The number of pyridine rings is 1. The molecule has 0 aliphatic heterocycles. The smallest absolute Gasteiger partial charge is 0.266 e. The first kappa shape index (κ1) is 17.7. The molecule has 3 rings (SSSR count). The van der Waals surface area contributed by atoms with Gasteiger partial charge in [0.25, 0.3) is 5.56 Å².